The number of methoxy groups -OCH3 is 1. The Morgan fingerprint density at radius 2 is 1.54 bits per heavy atom. The third-order valence-corrected chi connectivity index (χ3v) is 8.76. The highest BCUT2D eigenvalue weighted by Gasteiger charge is 2.23. The molecule has 0 aliphatic carbocycles. The number of hydrogen-bond donors (Lipinski definition) is 5. The Bertz CT molecular complexity index is 1830. The molecule has 2 aliphatic heterocycles. The van der Waals surface area contributed by atoms with E-state index in [4.69, 9.17) is 16.3 Å². The molecule has 5 N–H and O–H groups in total. The average molecular weight is 677 g/mol. The van der Waals surface area contributed by atoms with Crippen LogP contribution >= 0.6 is 11.6 Å². The largest absolute Gasteiger partial charge is 0.481 e. The van der Waals surface area contributed by atoms with E-state index in [2.05, 4.69) is 41.5 Å². The summed E-state index contributed by atoms with van der Waals surface area (Å²) in [5, 5.41) is 15.4. The van der Waals surface area contributed by atoms with Crippen molar-refractivity contribution < 1.29 is 23.1 Å². The first-order chi connectivity index (χ1) is 23.3. The monoisotopic (exact) mass is 676 g/mol. The average Bonchev–Trinajstić information content (AvgIpc) is 3.70. The smallest absolute Gasteiger partial charge is 0.220 e. The van der Waals surface area contributed by atoms with Crippen molar-refractivity contribution in [3.05, 3.63) is 82.6 Å². The number of halogens is 3. The Kier molecular flexibility index (Phi) is 10.4. The molecule has 1 aromatic carbocycles. The van der Waals surface area contributed by atoms with Crippen LogP contribution in [-0.2, 0) is 22.7 Å². The zero-order valence-electron chi connectivity index (χ0n) is 26.2. The van der Waals surface area contributed by atoms with Gasteiger partial charge in [0.05, 0.1) is 23.5 Å². The standard InChI is InChI=1S/C34H35ClF2N8O3/c1-48-34-20(16-39-18-22-7-10-28(47)43-22)5-8-25(45-34)23-12-14-40-32(31(23)37)24-3-2-4-26(29(24)35)44-33-30(36)19(11-13-41-33)15-38-17-21-6-9-27(46)42-21/h2-5,8,11-14,21-22,38-39H,6-7,9-10,15-18H2,1H3,(H,41,44)(H,42,46)(H,43,47). The highest BCUT2D eigenvalue weighted by Crippen LogP contribution is 2.38. The zero-order valence-corrected chi connectivity index (χ0v) is 27.0. The minimum absolute atomic E-state index is 0.00310. The molecule has 14 heteroatoms. The van der Waals surface area contributed by atoms with E-state index in [0.717, 1.165) is 18.4 Å². The van der Waals surface area contributed by atoms with Gasteiger partial charge < -0.3 is 31.3 Å². The first-order valence-electron chi connectivity index (χ1n) is 15.7. The second kappa shape index (κ2) is 15.0. The van der Waals surface area contributed by atoms with E-state index in [0.29, 0.717) is 60.9 Å². The first kappa shape index (κ1) is 33.2. The van der Waals surface area contributed by atoms with Crippen molar-refractivity contribution in [1.29, 1.82) is 0 Å². The van der Waals surface area contributed by atoms with Crippen molar-refractivity contribution in [3.8, 4) is 28.4 Å². The van der Waals surface area contributed by atoms with Gasteiger partial charge in [0.25, 0.3) is 0 Å². The first-order valence-corrected chi connectivity index (χ1v) is 16.1. The van der Waals surface area contributed by atoms with Crippen LogP contribution in [0.3, 0.4) is 0 Å². The molecule has 4 aromatic rings. The van der Waals surface area contributed by atoms with Crippen LogP contribution < -0.4 is 31.3 Å². The lowest BCUT2D eigenvalue weighted by atomic mass is 10.0. The fourth-order valence-electron chi connectivity index (χ4n) is 5.83. The summed E-state index contributed by atoms with van der Waals surface area (Å²) in [5.74, 6) is -0.810. The molecular weight excluding hydrogens is 642 g/mol. The van der Waals surface area contributed by atoms with E-state index in [1.807, 2.05) is 6.07 Å². The number of benzene rings is 1. The lowest BCUT2D eigenvalue weighted by molar-refractivity contribution is -0.120. The van der Waals surface area contributed by atoms with Gasteiger partial charge in [0.15, 0.2) is 17.5 Å². The number of hydrogen-bond acceptors (Lipinski definition) is 9. The fourth-order valence-corrected chi connectivity index (χ4v) is 6.09. The number of ether oxygens (including phenoxy) is 1. The maximum absolute atomic E-state index is 16.1. The van der Waals surface area contributed by atoms with Crippen LogP contribution in [0.25, 0.3) is 22.5 Å². The number of pyridine rings is 3. The Morgan fingerprint density at radius 1 is 0.854 bits per heavy atom. The van der Waals surface area contributed by atoms with E-state index >= 15 is 8.78 Å². The summed E-state index contributed by atoms with van der Waals surface area (Å²) in [6, 6.07) is 11.7. The van der Waals surface area contributed by atoms with Gasteiger partial charge in [-0.05, 0) is 37.1 Å². The van der Waals surface area contributed by atoms with E-state index in [1.165, 1.54) is 25.6 Å². The Labute approximate surface area is 281 Å². The molecule has 2 fully saturated rings. The maximum atomic E-state index is 16.1. The highest BCUT2D eigenvalue weighted by atomic mass is 35.5. The SMILES string of the molecule is COc1nc(-c2ccnc(-c3cccc(Nc4nccc(CNCC5CCC(=O)N5)c4F)c3Cl)c2F)ccc1CNCC1CCC(=O)N1. The number of anilines is 2. The maximum Gasteiger partial charge on any atom is 0.220 e. The number of nitrogens with zero attached hydrogens (tertiary/aromatic N) is 3. The molecule has 0 spiro atoms. The quantitative estimate of drug-likeness (QED) is 0.137. The number of carbonyl (C=O) groups is 2. The van der Waals surface area contributed by atoms with Crippen LogP contribution in [0.1, 0.15) is 36.8 Å². The van der Waals surface area contributed by atoms with Gasteiger partial charge in [-0.1, -0.05) is 29.8 Å². The van der Waals surface area contributed by atoms with Crippen molar-refractivity contribution in [2.24, 2.45) is 0 Å². The summed E-state index contributed by atoms with van der Waals surface area (Å²) in [7, 11) is 1.50. The molecule has 2 saturated heterocycles. The van der Waals surface area contributed by atoms with Crippen LogP contribution in [0.15, 0.2) is 54.9 Å². The summed E-state index contributed by atoms with van der Waals surface area (Å²) in [6.45, 7) is 1.83. The van der Waals surface area contributed by atoms with Crippen LogP contribution in [-0.4, -0.2) is 59.0 Å². The lowest BCUT2D eigenvalue weighted by Crippen LogP contribution is -2.35. The predicted octanol–water partition coefficient (Wildman–Crippen LogP) is 4.63. The Hall–Kier alpha value is -4.72. The van der Waals surface area contributed by atoms with E-state index < -0.39 is 11.6 Å². The van der Waals surface area contributed by atoms with Crippen molar-refractivity contribution >= 4 is 34.9 Å². The Morgan fingerprint density at radius 3 is 2.21 bits per heavy atom. The molecular formula is C34H35ClF2N8O3. The second-order valence-electron chi connectivity index (χ2n) is 11.7. The van der Waals surface area contributed by atoms with Crippen LogP contribution in [0.4, 0.5) is 20.3 Å². The number of nitrogens with one attached hydrogen (secondary N) is 5. The molecule has 6 rings (SSSR count). The minimum atomic E-state index is -0.634. The van der Waals surface area contributed by atoms with Crippen LogP contribution in [0, 0.1) is 11.6 Å². The van der Waals surface area contributed by atoms with E-state index in [-0.39, 0.29) is 52.5 Å². The number of aromatic nitrogens is 3. The lowest BCUT2D eigenvalue weighted by Gasteiger charge is -2.15. The summed E-state index contributed by atoms with van der Waals surface area (Å²) in [4.78, 5) is 35.9. The molecule has 250 valence electrons. The topological polar surface area (TPSA) is 142 Å². The van der Waals surface area contributed by atoms with Crippen LogP contribution in [0.2, 0.25) is 5.02 Å². The molecule has 2 amide bonds. The molecule has 3 aromatic heterocycles. The molecule has 0 radical (unpaired) electrons. The zero-order chi connectivity index (χ0) is 33.6. The van der Waals surface area contributed by atoms with E-state index in [9.17, 15) is 9.59 Å². The van der Waals surface area contributed by atoms with Gasteiger partial charge >= 0.3 is 0 Å². The predicted molar refractivity (Wildman–Crippen MR) is 178 cm³/mol. The summed E-state index contributed by atoms with van der Waals surface area (Å²) < 4.78 is 37.1. The summed E-state index contributed by atoms with van der Waals surface area (Å²) in [5.41, 5.74) is 2.32. The number of carbonyl (C=O) groups excluding carboxylic acids is 2. The van der Waals surface area contributed by atoms with Gasteiger partial charge in [-0.2, -0.15) is 0 Å². The molecule has 2 atom stereocenters. The highest BCUT2D eigenvalue weighted by molar-refractivity contribution is 6.36. The summed E-state index contributed by atoms with van der Waals surface area (Å²) in [6.07, 6.45) is 5.51. The van der Waals surface area contributed by atoms with Gasteiger partial charge in [-0.3, -0.25) is 14.6 Å². The molecule has 2 aliphatic rings. The third-order valence-electron chi connectivity index (χ3n) is 8.36. The molecule has 48 heavy (non-hydrogen) atoms. The normalized spacial score (nSPS) is 17.3. The van der Waals surface area contributed by atoms with Crippen molar-refractivity contribution in [2.75, 3.05) is 25.5 Å². The van der Waals surface area contributed by atoms with Gasteiger partial charge in [-0.15, -0.1) is 0 Å². The van der Waals surface area contributed by atoms with Gasteiger partial charge in [0.1, 0.15) is 5.69 Å². The van der Waals surface area contributed by atoms with Crippen molar-refractivity contribution in [2.45, 2.75) is 50.9 Å². The van der Waals surface area contributed by atoms with Gasteiger partial charge in [0.2, 0.25) is 17.7 Å². The van der Waals surface area contributed by atoms with Crippen molar-refractivity contribution in [1.82, 2.24) is 36.2 Å². The second-order valence-corrected chi connectivity index (χ2v) is 12.1. The van der Waals surface area contributed by atoms with E-state index in [1.54, 1.807) is 30.3 Å². The number of rotatable bonds is 13. The molecule has 0 bridgehead atoms. The third kappa shape index (κ3) is 7.53. The molecule has 0 saturated carbocycles. The van der Waals surface area contributed by atoms with Gasteiger partial charge in [0, 0.05) is 85.8 Å². The fraction of sp³-hybridized carbons (Fsp3) is 0.324. The number of amides is 2. The Balaban J connectivity index is 1.17. The van der Waals surface area contributed by atoms with Crippen LogP contribution in [0.5, 0.6) is 5.88 Å². The van der Waals surface area contributed by atoms with Gasteiger partial charge in [-0.25, -0.2) is 18.7 Å². The summed E-state index contributed by atoms with van der Waals surface area (Å²) >= 11 is 6.76. The molecule has 5 heterocycles. The van der Waals surface area contributed by atoms with Crippen molar-refractivity contribution in [3.63, 3.8) is 0 Å². The minimum Gasteiger partial charge on any atom is -0.481 e. The molecule has 11 nitrogen and oxygen atoms in total. The molecule has 2 unspecified atom stereocenters.